The lowest BCUT2D eigenvalue weighted by atomic mass is 9.81. The molecule has 4 aliphatic rings. The Labute approximate surface area is 448 Å². The summed E-state index contributed by atoms with van der Waals surface area (Å²) >= 11 is 0. The number of hydrogen-bond donors (Lipinski definition) is 1. The van der Waals surface area contributed by atoms with Crippen LogP contribution in [-0.4, -0.2) is 65.4 Å². The van der Waals surface area contributed by atoms with Crippen LogP contribution in [0.2, 0.25) is 0 Å². The molecule has 9 rings (SSSR count). The number of benzene rings is 4. The number of halogens is 1. The van der Waals surface area contributed by atoms with Gasteiger partial charge in [0.05, 0.1) is 17.6 Å². The highest BCUT2D eigenvalue weighted by molar-refractivity contribution is 6.03. The van der Waals surface area contributed by atoms with Crippen molar-refractivity contribution in [3.8, 4) is 0 Å². The van der Waals surface area contributed by atoms with Crippen molar-refractivity contribution in [2.75, 3.05) is 44.7 Å². The molecule has 4 aliphatic heterocycles. The molecule has 5 heterocycles. The minimum atomic E-state index is -0.0896. The molecular weight excluding hydrogens is 998 g/mol. The number of amides is 1. The summed E-state index contributed by atoms with van der Waals surface area (Å²) in [5.41, 5.74) is 13.5. The molecule has 0 radical (unpaired) electrons. The number of carbonyl (C=O) groups excluding carboxylic acids is 1. The van der Waals surface area contributed by atoms with Gasteiger partial charge in [-0.3, -0.25) is 4.79 Å². The molecule has 1 amide bonds. The van der Waals surface area contributed by atoms with Gasteiger partial charge in [0, 0.05) is 90.7 Å². The van der Waals surface area contributed by atoms with E-state index < -0.39 is 0 Å². The normalized spacial score (nSPS) is 18.3. The fourth-order valence-electron chi connectivity index (χ4n) is 12.3. The standard InChI is InChI=1S/C64H79N5O2.HI/c1-62(2)54-32-18-21-35-57(54)66(5)59(62)37-12-7-6-8-13-38-60-63(3,4)55-33-19-22-36-58(55)69(60)45-26-11-14-39-61(70)65-42-24-9-10-25-44-68-48-50(52-30-16-20-34-56(52)68)28-23-27-43-67-46-40-64(41-47-67)53-31-17-15-29-51(53)49-71-64;/h6-8,12-13,15-22,29-38,48H,9-11,14,23-28,39-47,49H2,1-5H3;1H. The number of nitrogens with zero attached hydrogens (tertiary/aromatic N) is 4. The number of hydrogen-bond acceptors (Lipinski definition) is 4. The van der Waals surface area contributed by atoms with Crippen molar-refractivity contribution in [2.24, 2.45) is 0 Å². The maximum Gasteiger partial charge on any atom is 0.219 e. The Balaban J connectivity index is 0.00000693. The first-order valence-electron chi connectivity index (χ1n) is 27.1. The number of anilines is 1. The third-order valence-electron chi connectivity index (χ3n) is 16.3. The van der Waals surface area contributed by atoms with Crippen molar-refractivity contribution < 1.29 is 38.1 Å². The summed E-state index contributed by atoms with van der Waals surface area (Å²) in [5.74, 6) is 0.189. The molecule has 4 aromatic carbocycles. The molecule has 1 fully saturated rings. The van der Waals surface area contributed by atoms with Crippen molar-refractivity contribution in [3.63, 3.8) is 0 Å². The Bertz CT molecular complexity index is 2800. The molecular formula is C64H80IN5O2. The molecule has 72 heavy (non-hydrogen) atoms. The van der Waals surface area contributed by atoms with Gasteiger partial charge in [0.15, 0.2) is 5.71 Å². The van der Waals surface area contributed by atoms with Crippen molar-refractivity contribution in [3.05, 3.63) is 179 Å². The van der Waals surface area contributed by atoms with Gasteiger partial charge in [-0.1, -0.05) is 142 Å². The zero-order chi connectivity index (χ0) is 49.3. The minimum absolute atomic E-state index is 0. The first-order chi connectivity index (χ1) is 34.6. The summed E-state index contributed by atoms with van der Waals surface area (Å²) in [6, 6.07) is 35.3. The first kappa shape index (κ1) is 53.3. The highest BCUT2D eigenvalue weighted by Crippen LogP contribution is 2.48. The number of carbonyl (C=O) groups is 1. The number of allylic oxidation sites excluding steroid dienone is 8. The predicted octanol–water partition coefficient (Wildman–Crippen LogP) is 10.8. The molecule has 1 spiro atoms. The van der Waals surface area contributed by atoms with E-state index in [4.69, 9.17) is 4.74 Å². The topological polar surface area (TPSA) is 52.8 Å². The van der Waals surface area contributed by atoms with E-state index in [9.17, 15) is 4.79 Å². The third kappa shape index (κ3) is 11.8. The summed E-state index contributed by atoms with van der Waals surface area (Å²) in [7, 11) is 2.16. The number of fused-ring (bicyclic) bond motifs is 5. The van der Waals surface area contributed by atoms with E-state index in [0.29, 0.717) is 6.42 Å². The summed E-state index contributed by atoms with van der Waals surface area (Å²) < 4.78 is 11.2. The van der Waals surface area contributed by atoms with Gasteiger partial charge >= 0.3 is 0 Å². The molecule has 1 saturated heterocycles. The van der Waals surface area contributed by atoms with Crippen LogP contribution in [0.5, 0.6) is 0 Å². The highest BCUT2D eigenvalue weighted by atomic mass is 127. The monoisotopic (exact) mass is 1080 g/mol. The van der Waals surface area contributed by atoms with Crippen LogP contribution in [0.1, 0.15) is 133 Å². The Kier molecular flexibility index (Phi) is 18.0. The van der Waals surface area contributed by atoms with Gasteiger partial charge in [-0.25, -0.2) is 0 Å². The zero-order valence-electron chi connectivity index (χ0n) is 44.0. The Morgan fingerprint density at radius 2 is 1.35 bits per heavy atom. The van der Waals surface area contributed by atoms with Gasteiger partial charge in [0.2, 0.25) is 11.6 Å². The second-order valence-corrected chi connectivity index (χ2v) is 21.7. The van der Waals surface area contributed by atoms with Crippen molar-refractivity contribution in [1.29, 1.82) is 0 Å². The maximum atomic E-state index is 12.8. The number of nitrogens with one attached hydrogen (secondary N) is 1. The Morgan fingerprint density at radius 1 is 0.681 bits per heavy atom. The van der Waals surface area contributed by atoms with Crippen LogP contribution in [0.15, 0.2) is 151 Å². The summed E-state index contributed by atoms with van der Waals surface area (Å²) in [5, 5.41) is 4.63. The smallest absolute Gasteiger partial charge is 0.219 e. The molecule has 1 aromatic heterocycles. The number of aryl methyl sites for hydroxylation is 2. The number of aromatic nitrogens is 1. The van der Waals surface area contributed by atoms with Crippen molar-refractivity contribution in [2.45, 2.75) is 141 Å². The molecule has 5 aromatic rings. The van der Waals surface area contributed by atoms with Crippen molar-refractivity contribution in [1.82, 2.24) is 14.8 Å². The van der Waals surface area contributed by atoms with Crippen LogP contribution in [0, 0.1) is 0 Å². The maximum absolute atomic E-state index is 12.8. The second kappa shape index (κ2) is 24.3. The first-order valence-corrected chi connectivity index (χ1v) is 27.1. The fraction of sp³-hybridized carbons (Fsp3) is 0.438. The SMILES string of the molecule is C[N+]1=C(/C=C/C=C/C=C/C=C2\N(CCCCCC(=O)NCCCCCCn3cc(CCCCN4CCC5(CC4)OCc4ccccc45)c4ccccc43)c3ccccc3C2(C)C)C(C)(C)c2ccccc21.[I-]. The average Bonchev–Trinajstić information content (AvgIpc) is 4.05. The van der Waals surface area contributed by atoms with Crippen LogP contribution >= 0.6 is 0 Å². The largest absolute Gasteiger partial charge is 1.00 e. The van der Waals surface area contributed by atoms with E-state index in [1.54, 1.807) is 0 Å². The number of para-hydroxylation sites is 3. The molecule has 0 saturated carbocycles. The lowest BCUT2D eigenvalue weighted by Gasteiger charge is -2.39. The van der Waals surface area contributed by atoms with Gasteiger partial charge in [-0.15, -0.1) is 0 Å². The zero-order valence-corrected chi connectivity index (χ0v) is 46.1. The van der Waals surface area contributed by atoms with E-state index in [2.05, 4.69) is 205 Å². The van der Waals surface area contributed by atoms with E-state index >= 15 is 0 Å². The average molecular weight is 1080 g/mol. The second-order valence-electron chi connectivity index (χ2n) is 21.7. The van der Waals surface area contributed by atoms with Gasteiger partial charge in [-0.2, -0.15) is 4.58 Å². The number of ether oxygens (including phenoxy) is 1. The van der Waals surface area contributed by atoms with E-state index in [1.807, 2.05) is 0 Å². The van der Waals surface area contributed by atoms with E-state index in [-0.39, 0.29) is 46.3 Å². The van der Waals surface area contributed by atoms with Gasteiger partial charge < -0.3 is 48.4 Å². The summed E-state index contributed by atoms with van der Waals surface area (Å²) in [6.45, 7) is 16.2. The van der Waals surface area contributed by atoms with E-state index in [0.717, 1.165) is 97.1 Å². The van der Waals surface area contributed by atoms with Crippen LogP contribution in [-0.2, 0) is 45.5 Å². The van der Waals surface area contributed by atoms with Crippen LogP contribution in [0.25, 0.3) is 10.9 Å². The molecule has 0 unspecified atom stereocenters. The number of unbranched alkanes of at least 4 members (excludes halogenated alkanes) is 6. The quantitative estimate of drug-likeness (QED) is 0.0325. The van der Waals surface area contributed by atoms with E-state index in [1.165, 1.54) is 87.3 Å². The summed E-state index contributed by atoms with van der Waals surface area (Å²) in [4.78, 5) is 18.0. The minimum Gasteiger partial charge on any atom is -1.00 e. The predicted molar refractivity (Wildman–Crippen MR) is 296 cm³/mol. The molecule has 380 valence electrons. The molecule has 0 aliphatic carbocycles. The molecule has 8 heteroatoms. The lowest BCUT2D eigenvalue weighted by molar-refractivity contribution is -0.401. The van der Waals surface area contributed by atoms with Gasteiger partial charge in [0.25, 0.3) is 0 Å². The Hall–Kier alpha value is -5.03. The molecule has 0 atom stereocenters. The highest BCUT2D eigenvalue weighted by Gasteiger charge is 2.44. The third-order valence-corrected chi connectivity index (χ3v) is 16.3. The molecule has 7 nitrogen and oxygen atoms in total. The number of piperidine rings is 1. The van der Waals surface area contributed by atoms with Gasteiger partial charge in [0.1, 0.15) is 7.05 Å². The molecule has 1 N–H and O–H groups in total. The van der Waals surface area contributed by atoms with Gasteiger partial charge in [-0.05, 0) is 119 Å². The van der Waals surface area contributed by atoms with Crippen LogP contribution in [0.4, 0.5) is 11.4 Å². The van der Waals surface area contributed by atoms with Crippen molar-refractivity contribution >= 4 is 33.9 Å². The fourth-order valence-corrected chi connectivity index (χ4v) is 12.3. The number of rotatable bonds is 22. The Morgan fingerprint density at radius 3 is 2.18 bits per heavy atom. The summed E-state index contributed by atoms with van der Waals surface area (Å²) in [6.07, 6.45) is 31.5. The van der Waals surface area contributed by atoms with Crippen LogP contribution in [0.3, 0.4) is 0 Å². The number of likely N-dealkylation sites (tertiary alicyclic amines) is 1. The molecule has 0 bridgehead atoms. The lowest BCUT2D eigenvalue weighted by Crippen LogP contribution is -3.00. The van der Waals surface area contributed by atoms with Crippen LogP contribution < -0.4 is 34.2 Å².